The molecule has 0 N–H and O–H groups in total. The van der Waals surface area contributed by atoms with Crippen LogP contribution in [0.2, 0.25) is 0 Å². The molecule has 62 heavy (non-hydrogen) atoms. The van der Waals surface area contributed by atoms with E-state index in [-0.39, 0.29) is 0 Å². The van der Waals surface area contributed by atoms with Crippen LogP contribution in [0, 0.1) is 0 Å². The molecule has 0 bridgehead atoms. The van der Waals surface area contributed by atoms with Crippen molar-refractivity contribution in [2.45, 2.75) is 20.3 Å². The first-order valence-electron chi connectivity index (χ1n) is 21.2. The maximum Gasteiger partial charge on any atom is 0.238 e. The molecule has 0 aliphatic carbocycles. The number of rotatable bonds is 4. The molecular formula is C56H38N4O2. The van der Waals surface area contributed by atoms with Crippen molar-refractivity contribution in [2.75, 3.05) is 0 Å². The first-order valence-corrected chi connectivity index (χ1v) is 21.2. The minimum atomic E-state index is 0.516. The largest absolute Gasteiger partial charge is 0.456 e. The van der Waals surface area contributed by atoms with E-state index in [1.54, 1.807) is 0 Å². The first-order chi connectivity index (χ1) is 30.7. The molecule has 0 saturated carbocycles. The third-order valence-corrected chi connectivity index (χ3v) is 11.8. The molecule has 0 atom stereocenters. The summed E-state index contributed by atoms with van der Waals surface area (Å²) in [4.78, 5) is 15.9. The van der Waals surface area contributed by atoms with Crippen LogP contribution < -0.4 is 0 Å². The number of hydrogen-bond donors (Lipinski definition) is 0. The second kappa shape index (κ2) is 14.3. The quantitative estimate of drug-likeness (QED) is 0.177. The number of furan rings is 2. The van der Waals surface area contributed by atoms with Gasteiger partial charge >= 0.3 is 0 Å². The Bertz CT molecular complexity index is 3880. The highest BCUT2D eigenvalue weighted by atomic mass is 16.3. The van der Waals surface area contributed by atoms with Gasteiger partial charge in [-0.1, -0.05) is 166 Å². The Balaban J connectivity index is 0.00000133. The van der Waals surface area contributed by atoms with E-state index in [1.807, 2.05) is 66.7 Å². The fraction of sp³-hybridized carbons (Fsp3) is 0.0536. The summed E-state index contributed by atoms with van der Waals surface area (Å²) in [6, 6.07) is 63.2. The summed E-state index contributed by atoms with van der Waals surface area (Å²) in [6.45, 7) is 4.25. The highest BCUT2D eigenvalue weighted by molar-refractivity contribution is 6.26. The summed E-state index contributed by atoms with van der Waals surface area (Å²) in [5.74, 6) is 1.64. The second-order valence-electron chi connectivity index (χ2n) is 15.8. The maximum absolute atomic E-state index is 6.84. The van der Waals surface area contributed by atoms with Gasteiger partial charge < -0.3 is 8.83 Å². The van der Waals surface area contributed by atoms with Crippen molar-refractivity contribution in [3.63, 3.8) is 0 Å². The number of aromatic nitrogens is 4. The van der Waals surface area contributed by atoms with Gasteiger partial charge in [0, 0.05) is 54.6 Å². The lowest BCUT2D eigenvalue weighted by Crippen LogP contribution is -2.07. The Morgan fingerprint density at radius 1 is 0.435 bits per heavy atom. The highest BCUT2D eigenvalue weighted by Crippen LogP contribution is 2.46. The van der Waals surface area contributed by atoms with Gasteiger partial charge in [-0.25, -0.2) is 4.98 Å². The van der Waals surface area contributed by atoms with Gasteiger partial charge in [0.25, 0.3) is 0 Å². The maximum atomic E-state index is 6.84. The van der Waals surface area contributed by atoms with Crippen LogP contribution in [0.4, 0.5) is 0 Å². The van der Waals surface area contributed by atoms with Crippen LogP contribution in [0.5, 0.6) is 0 Å². The van der Waals surface area contributed by atoms with Crippen LogP contribution >= 0.6 is 0 Å². The van der Waals surface area contributed by atoms with Crippen molar-refractivity contribution in [3.8, 4) is 39.9 Å². The number of benzene rings is 9. The molecule has 0 amide bonds. The Morgan fingerprint density at radius 3 is 1.84 bits per heavy atom. The summed E-state index contributed by atoms with van der Waals surface area (Å²) in [5.41, 5.74) is 9.09. The SMILES string of the molecule is CCC.c1ccc(-c2nc(-c3ccc4c(c3)oc3ccccc34)nc(-n3c4ccc5ccccc5c4c4cccc(-c5c6ccccc6cc6c5oc5ccccc56)c43)n2)cc1. The van der Waals surface area contributed by atoms with E-state index in [2.05, 4.69) is 134 Å². The molecule has 294 valence electrons. The molecule has 4 aromatic heterocycles. The number of hydrogen-bond acceptors (Lipinski definition) is 5. The zero-order valence-corrected chi connectivity index (χ0v) is 34.1. The number of fused-ring (bicyclic) bond motifs is 12. The Kier molecular flexibility index (Phi) is 8.25. The van der Waals surface area contributed by atoms with Crippen LogP contribution in [-0.2, 0) is 0 Å². The van der Waals surface area contributed by atoms with Gasteiger partial charge in [0.05, 0.1) is 11.0 Å². The molecule has 0 aliphatic heterocycles. The van der Waals surface area contributed by atoms with Crippen LogP contribution in [0.1, 0.15) is 20.3 Å². The van der Waals surface area contributed by atoms with Crippen LogP contribution in [0.25, 0.3) is 127 Å². The summed E-state index contributed by atoms with van der Waals surface area (Å²) in [6.07, 6.45) is 1.25. The molecule has 0 fully saturated rings. The van der Waals surface area contributed by atoms with Crippen molar-refractivity contribution in [3.05, 3.63) is 182 Å². The first kappa shape index (κ1) is 35.8. The van der Waals surface area contributed by atoms with Gasteiger partial charge in [-0.15, -0.1) is 0 Å². The minimum Gasteiger partial charge on any atom is -0.456 e. The van der Waals surface area contributed by atoms with E-state index < -0.39 is 0 Å². The molecule has 9 aromatic carbocycles. The molecule has 13 aromatic rings. The van der Waals surface area contributed by atoms with Crippen molar-refractivity contribution < 1.29 is 8.83 Å². The van der Waals surface area contributed by atoms with Crippen LogP contribution in [0.3, 0.4) is 0 Å². The number of nitrogens with zero attached hydrogens (tertiary/aromatic N) is 4. The smallest absolute Gasteiger partial charge is 0.238 e. The van der Waals surface area contributed by atoms with E-state index in [1.165, 1.54) is 6.42 Å². The lowest BCUT2D eigenvalue weighted by molar-refractivity contribution is 0.669. The average molecular weight is 799 g/mol. The topological polar surface area (TPSA) is 69.9 Å². The van der Waals surface area contributed by atoms with Crippen LogP contribution in [0.15, 0.2) is 191 Å². The lowest BCUT2D eigenvalue weighted by atomic mass is 9.93. The Hall–Kier alpha value is -8.09. The van der Waals surface area contributed by atoms with E-state index >= 15 is 0 Å². The molecule has 0 unspecified atom stereocenters. The summed E-state index contributed by atoms with van der Waals surface area (Å²) < 4.78 is 15.4. The zero-order valence-electron chi connectivity index (χ0n) is 34.1. The molecule has 6 heteroatoms. The molecule has 4 heterocycles. The number of para-hydroxylation sites is 3. The van der Waals surface area contributed by atoms with Gasteiger partial charge in [-0.05, 0) is 57.9 Å². The standard InChI is InChI=1S/C53H30N4O2.C3H8/c1-2-14-32(15-3-1)51-54-52(34-25-27-39-37-19-8-10-23-44(37)58-46(39)30-34)56-53(55-51)57-43-28-26-31-13-4-6-17-35(31)47(43)40-21-12-22-41(49(40)57)48-36-18-7-5-16-33(36)29-42-38-20-9-11-24-45(38)59-50(42)48;1-3-2/h1-30H;3H2,1-2H3. The van der Waals surface area contributed by atoms with Crippen molar-refractivity contribution in [1.29, 1.82) is 0 Å². The van der Waals surface area contributed by atoms with Crippen molar-refractivity contribution in [1.82, 2.24) is 19.5 Å². The average Bonchev–Trinajstić information content (AvgIpc) is 4.00. The zero-order chi connectivity index (χ0) is 41.3. The van der Waals surface area contributed by atoms with Gasteiger partial charge in [0.1, 0.15) is 22.3 Å². The molecule has 0 aliphatic rings. The van der Waals surface area contributed by atoms with E-state index in [4.69, 9.17) is 23.8 Å². The Morgan fingerprint density at radius 2 is 1.05 bits per heavy atom. The second-order valence-corrected chi connectivity index (χ2v) is 15.8. The van der Waals surface area contributed by atoms with E-state index in [0.717, 1.165) is 109 Å². The highest BCUT2D eigenvalue weighted by Gasteiger charge is 2.25. The third kappa shape index (κ3) is 5.53. The normalized spacial score (nSPS) is 11.8. The van der Waals surface area contributed by atoms with Crippen LogP contribution in [-0.4, -0.2) is 19.5 Å². The predicted molar refractivity (Wildman–Crippen MR) is 256 cm³/mol. The molecule has 0 spiro atoms. The van der Waals surface area contributed by atoms with Gasteiger partial charge in [-0.3, -0.25) is 4.57 Å². The van der Waals surface area contributed by atoms with Gasteiger partial charge in [0.15, 0.2) is 11.6 Å². The molecule has 6 nitrogen and oxygen atoms in total. The minimum absolute atomic E-state index is 0.516. The fourth-order valence-electron chi connectivity index (χ4n) is 9.21. The monoisotopic (exact) mass is 798 g/mol. The molecule has 13 rings (SSSR count). The third-order valence-electron chi connectivity index (χ3n) is 11.8. The van der Waals surface area contributed by atoms with E-state index in [0.29, 0.717) is 17.6 Å². The fourth-order valence-corrected chi connectivity index (χ4v) is 9.21. The van der Waals surface area contributed by atoms with Crippen molar-refractivity contribution >= 4 is 87.2 Å². The van der Waals surface area contributed by atoms with Gasteiger partial charge in [0.2, 0.25) is 5.95 Å². The molecule has 0 saturated heterocycles. The lowest BCUT2D eigenvalue weighted by Gasteiger charge is -2.14. The summed E-state index contributed by atoms with van der Waals surface area (Å²) >= 11 is 0. The molecule has 0 radical (unpaired) electrons. The Labute approximate surface area is 356 Å². The van der Waals surface area contributed by atoms with Gasteiger partial charge in [-0.2, -0.15) is 9.97 Å². The summed E-state index contributed by atoms with van der Waals surface area (Å²) in [7, 11) is 0. The predicted octanol–water partition coefficient (Wildman–Crippen LogP) is 15.5. The summed E-state index contributed by atoms with van der Waals surface area (Å²) in [5, 5.41) is 11.1. The van der Waals surface area contributed by atoms with Crippen molar-refractivity contribution in [2.24, 2.45) is 0 Å². The van der Waals surface area contributed by atoms with E-state index in [9.17, 15) is 0 Å². The molecular weight excluding hydrogens is 761 g/mol.